The number of nitrogens with zero attached hydrogens (tertiary/aromatic N) is 2. The molecule has 0 atom stereocenters. The predicted octanol–water partition coefficient (Wildman–Crippen LogP) is 0.154. The minimum absolute atomic E-state index is 0.336. The molecule has 1 aliphatic heterocycles. The van der Waals surface area contributed by atoms with Crippen LogP contribution in [0.2, 0.25) is 0 Å². The molecule has 2 N–H and O–H groups in total. The maximum Gasteiger partial charge on any atom is 0.341 e. The fourth-order valence-corrected chi connectivity index (χ4v) is 1.33. The third-order valence-electron chi connectivity index (χ3n) is 2.04. The van der Waals surface area contributed by atoms with Crippen molar-refractivity contribution in [1.29, 1.82) is 0 Å². The van der Waals surface area contributed by atoms with Crippen molar-refractivity contribution in [2.75, 3.05) is 5.32 Å². The number of phenolic OH excluding ortho intramolecular Hbond substituents is 1. The number of carbonyl (C=O) groups excluding carboxylic acids is 2. The fraction of sp³-hybridized carbons (Fsp3) is 0. The quantitative estimate of drug-likeness (QED) is 0.313. The highest BCUT2D eigenvalue weighted by molar-refractivity contribution is 6.42. The molecule has 1 aliphatic rings. The van der Waals surface area contributed by atoms with Crippen LogP contribution in [0, 0.1) is 15.9 Å². The van der Waals surface area contributed by atoms with Gasteiger partial charge in [0.15, 0.2) is 11.5 Å². The van der Waals surface area contributed by atoms with E-state index in [1.165, 1.54) is 0 Å². The summed E-state index contributed by atoms with van der Waals surface area (Å²) in [7, 11) is 0. The highest BCUT2D eigenvalue weighted by Gasteiger charge is 2.35. The van der Waals surface area contributed by atoms with E-state index in [2.05, 4.69) is 5.32 Å². The van der Waals surface area contributed by atoms with Crippen LogP contribution in [0.3, 0.4) is 0 Å². The molecule has 0 saturated heterocycles. The number of nitro benzene ring substituents is 1. The number of aromatic hydroxyl groups is 1. The normalized spacial score (nSPS) is 13.7. The average Bonchev–Trinajstić information content (AvgIpc) is 2.23. The molecule has 1 radical (unpaired) electrons. The van der Waals surface area contributed by atoms with Crippen molar-refractivity contribution in [1.82, 2.24) is 5.32 Å². The summed E-state index contributed by atoms with van der Waals surface area (Å²) in [6, 6.07) is 0.644. The maximum absolute atomic E-state index is 13.1. The Morgan fingerprint density at radius 2 is 2.12 bits per heavy atom. The number of phenols is 1. The Morgan fingerprint density at radius 3 is 2.71 bits per heavy atom. The standard InChI is InChI=1S/C8H3FN3O5/c9-2-1-3-4(5(6(2)13)12(16)17)11-8(15)7(14)10-3/h1,13H,(H,10,14). The number of nitrogens with one attached hydrogen (secondary N) is 1. The van der Waals surface area contributed by atoms with Gasteiger partial charge in [-0.25, -0.2) is 4.39 Å². The van der Waals surface area contributed by atoms with Crippen LogP contribution >= 0.6 is 0 Å². The minimum atomic E-state index is -1.29. The Hall–Kier alpha value is -2.71. The van der Waals surface area contributed by atoms with Crippen LogP contribution < -0.4 is 10.6 Å². The smallest absolute Gasteiger partial charge is 0.341 e. The number of benzene rings is 1. The lowest BCUT2D eigenvalue weighted by Crippen LogP contribution is -2.33. The average molecular weight is 240 g/mol. The molecule has 1 heterocycles. The fourth-order valence-electron chi connectivity index (χ4n) is 1.33. The molecule has 1 aromatic carbocycles. The van der Waals surface area contributed by atoms with Crippen molar-refractivity contribution in [2.24, 2.45) is 0 Å². The van der Waals surface area contributed by atoms with Crippen molar-refractivity contribution in [3.63, 3.8) is 0 Å². The van der Waals surface area contributed by atoms with Crippen molar-refractivity contribution < 1.29 is 24.0 Å². The summed E-state index contributed by atoms with van der Waals surface area (Å²) in [5.41, 5.74) is -1.97. The van der Waals surface area contributed by atoms with Gasteiger partial charge in [-0.3, -0.25) is 19.7 Å². The number of amides is 2. The highest BCUT2D eigenvalue weighted by Crippen LogP contribution is 2.43. The van der Waals surface area contributed by atoms with Crippen LogP contribution in [0.4, 0.5) is 21.5 Å². The van der Waals surface area contributed by atoms with E-state index >= 15 is 0 Å². The van der Waals surface area contributed by atoms with Gasteiger partial charge in [0, 0.05) is 6.07 Å². The van der Waals surface area contributed by atoms with Gasteiger partial charge in [-0.2, -0.15) is 5.32 Å². The molecule has 2 amide bonds. The largest absolute Gasteiger partial charge is 0.500 e. The highest BCUT2D eigenvalue weighted by atomic mass is 19.1. The molecule has 17 heavy (non-hydrogen) atoms. The van der Waals surface area contributed by atoms with E-state index in [9.17, 15) is 29.2 Å². The van der Waals surface area contributed by atoms with Crippen LogP contribution in [0.1, 0.15) is 0 Å². The van der Waals surface area contributed by atoms with Gasteiger partial charge < -0.3 is 10.4 Å². The zero-order valence-corrected chi connectivity index (χ0v) is 7.93. The van der Waals surface area contributed by atoms with Gasteiger partial charge in [0.05, 0.1) is 10.6 Å². The number of fused-ring (bicyclic) bond motifs is 1. The Morgan fingerprint density at radius 1 is 1.47 bits per heavy atom. The Bertz CT molecular complexity index is 571. The van der Waals surface area contributed by atoms with E-state index in [0.717, 1.165) is 0 Å². The summed E-state index contributed by atoms with van der Waals surface area (Å²) in [4.78, 5) is 31.4. The third kappa shape index (κ3) is 1.53. The molecule has 0 spiro atoms. The van der Waals surface area contributed by atoms with Crippen molar-refractivity contribution in [2.45, 2.75) is 0 Å². The lowest BCUT2D eigenvalue weighted by atomic mass is 10.1. The topological polar surface area (TPSA) is 124 Å². The van der Waals surface area contributed by atoms with Gasteiger partial charge in [-0.1, -0.05) is 0 Å². The van der Waals surface area contributed by atoms with E-state index in [1.54, 1.807) is 0 Å². The van der Waals surface area contributed by atoms with E-state index in [-0.39, 0.29) is 5.69 Å². The zero-order valence-electron chi connectivity index (χ0n) is 7.93. The molecular weight excluding hydrogens is 237 g/mol. The number of rotatable bonds is 1. The van der Waals surface area contributed by atoms with Crippen LogP contribution in [-0.4, -0.2) is 21.8 Å². The summed E-state index contributed by atoms with van der Waals surface area (Å²) in [5, 5.41) is 24.9. The number of halogens is 1. The SMILES string of the molecule is O=C1[N]c2c(cc(F)c(O)c2[N+](=O)[O-])NC1=O. The summed E-state index contributed by atoms with van der Waals surface area (Å²) >= 11 is 0. The lowest BCUT2D eigenvalue weighted by Gasteiger charge is -2.15. The lowest BCUT2D eigenvalue weighted by molar-refractivity contribution is -0.385. The van der Waals surface area contributed by atoms with Crippen LogP contribution in [0.5, 0.6) is 5.75 Å². The first kappa shape index (κ1) is 10.8. The van der Waals surface area contributed by atoms with E-state index in [1.807, 2.05) is 5.32 Å². The molecule has 2 rings (SSSR count). The van der Waals surface area contributed by atoms with Gasteiger partial charge in [0.1, 0.15) is 0 Å². The Balaban J connectivity index is 2.72. The van der Waals surface area contributed by atoms with Gasteiger partial charge in [-0.15, -0.1) is 0 Å². The first-order valence-corrected chi connectivity index (χ1v) is 4.18. The minimum Gasteiger partial charge on any atom is -0.500 e. The van der Waals surface area contributed by atoms with Crippen LogP contribution in [-0.2, 0) is 9.59 Å². The van der Waals surface area contributed by atoms with E-state index < -0.39 is 39.7 Å². The second kappa shape index (κ2) is 3.40. The van der Waals surface area contributed by atoms with Crippen molar-refractivity contribution >= 4 is 28.9 Å². The molecule has 0 saturated carbocycles. The predicted molar refractivity (Wildman–Crippen MR) is 50.1 cm³/mol. The maximum atomic E-state index is 13.1. The van der Waals surface area contributed by atoms with E-state index in [4.69, 9.17) is 0 Å². The first-order valence-electron chi connectivity index (χ1n) is 4.18. The first-order chi connectivity index (χ1) is 7.91. The molecule has 0 unspecified atom stereocenters. The van der Waals surface area contributed by atoms with E-state index in [0.29, 0.717) is 6.07 Å². The summed E-state index contributed by atoms with van der Waals surface area (Å²) in [6.07, 6.45) is 0. The molecule has 87 valence electrons. The third-order valence-corrected chi connectivity index (χ3v) is 2.04. The molecule has 0 aromatic heterocycles. The molecule has 0 fully saturated rings. The number of carbonyl (C=O) groups is 2. The number of hydrogen-bond acceptors (Lipinski definition) is 5. The molecule has 1 aromatic rings. The molecule has 9 heteroatoms. The van der Waals surface area contributed by atoms with Crippen molar-refractivity contribution in [3.8, 4) is 5.75 Å². The summed E-state index contributed by atoms with van der Waals surface area (Å²) < 4.78 is 13.1. The summed E-state index contributed by atoms with van der Waals surface area (Å²) in [5.74, 6) is -4.91. The molecule has 0 aliphatic carbocycles. The Kier molecular flexibility index (Phi) is 2.16. The van der Waals surface area contributed by atoms with Crippen molar-refractivity contribution in [3.05, 3.63) is 22.0 Å². The van der Waals surface area contributed by atoms with Crippen LogP contribution in [0.25, 0.3) is 0 Å². The molecule has 0 bridgehead atoms. The van der Waals surface area contributed by atoms with Gasteiger partial charge in [-0.05, 0) is 0 Å². The number of hydrogen-bond donors (Lipinski definition) is 2. The van der Waals surface area contributed by atoms with Gasteiger partial charge >= 0.3 is 17.5 Å². The zero-order chi connectivity index (χ0) is 12.7. The second-order valence-corrected chi connectivity index (χ2v) is 3.08. The van der Waals surface area contributed by atoms with Gasteiger partial charge in [0.25, 0.3) is 0 Å². The molecule has 8 nitrogen and oxygen atoms in total. The van der Waals surface area contributed by atoms with Crippen LogP contribution in [0.15, 0.2) is 6.07 Å². The Labute approximate surface area is 92.2 Å². The summed E-state index contributed by atoms with van der Waals surface area (Å²) in [6.45, 7) is 0. The number of nitro groups is 1. The van der Waals surface area contributed by atoms with Gasteiger partial charge in [0.2, 0.25) is 5.75 Å². The monoisotopic (exact) mass is 240 g/mol. The molecular formula is C8H3FN3O5. The number of anilines is 1. The second-order valence-electron chi connectivity index (χ2n) is 3.08.